The highest BCUT2D eigenvalue weighted by Gasteiger charge is 2.02. The van der Waals surface area contributed by atoms with Crippen LogP contribution in [0.3, 0.4) is 0 Å². The maximum Gasteiger partial charge on any atom is 0.211 e. The van der Waals surface area contributed by atoms with Gasteiger partial charge in [-0.25, -0.2) is 4.98 Å². The number of aromatic amines is 1. The number of hydrogen-bond acceptors (Lipinski definition) is 3. The van der Waals surface area contributed by atoms with Gasteiger partial charge in [0.25, 0.3) is 0 Å². The molecule has 0 fully saturated rings. The molecule has 1 N–H and O–H groups in total. The molecule has 0 aliphatic rings. The smallest absolute Gasteiger partial charge is 0.211 e. The Morgan fingerprint density at radius 2 is 2.40 bits per heavy atom. The molecular weight excluding hydrogens is 206 g/mol. The van der Waals surface area contributed by atoms with Crippen molar-refractivity contribution >= 4 is 22.8 Å². The van der Waals surface area contributed by atoms with Crippen molar-refractivity contribution in [2.45, 2.75) is 4.90 Å². The molecule has 0 atom stereocenters. The van der Waals surface area contributed by atoms with Crippen molar-refractivity contribution in [3.63, 3.8) is 0 Å². The van der Waals surface area contributed by atoms with Crippen LogP contribution < -0.4 is 0 Å². The summed E-state index contributed by atoms with van der Waals surface area (Å²) < 4.78 is 0. The van der Waals surface area contributed by atoms with E-state index in [0.29, 0.717) is 11.6 Å². The highest BCUT2D eigenvalue weighted by Crippen LogP contribution is 2.21. The average molecular weight is 213 g/mol. The minimum atomic E-state index is 0.337. The molecule has 1 heterocycles. The quantitative estimate of drug-likeness (QED) is 0.614. The third-order valence-electron chi connectivity index (χ3n) is 1.88. The summed E-state index contributed by atoms with van der Waals surface area (Å²) in [5, 5.41) is 8.67. The summed E-state index contributed by atoms with van der Waals surface area (Å²) in [5.41, 5.74) is 1.67. The number of imidazole rings is 1. The van der Waals surface area contributed by atoms with Gasteiger partial charge in [0.1, 0.15) is 6.07 Å². The van der Waals surface area contributed by atoms with Crippen LogP contribution in [0.5, 0.6) is 0 Å². The van der Waals surface area contributed by atoms with E-state index in [9.17, 15) is 0 Å². The Hall–Kier alpha value is -1.91. The number of aromatic nitrogens is 2. The molecule has 72 valence electrons. The number of terminal acetylenes is 1. The average Bonchev–Trinajstić information content (AvgIpc) is 2.68. The second-order valence-corrected chi connectivity index (χ2v) is 3.92. The SMILES string of the molecule is C#CCSc1ccc2nc(C#N)[nH]c2c1. The molecule has 0 bridgehead atoms. The molecule has 2 aromatic rings. The van der Waals surface area contributed by atoms with Crippen LogP contribution in [0.25, 0.3) is 11.0 Å². The van der Waals surface area contributed by atoms with Crippen LogP contribution in [0.4, 0.5) is 0 Å². The van der Waals surface area contributed by atoms with E-state index in [-0.39, 0.29) is 0 Å². The first-order valence-electron chi connectivity index (χ1n) is 4.29. The Bertz CT molecular complexity index is 572. The van der Waals surface area contributed by atoms with Gasteiger partial charge in [-0.2, -0.15) is 5.26 Å². The van der Waals surface area contributed by atoms with Gasteiger partial charge in [-0.15, -0.1) is 18.2 Å². The minimum absolute atomic E-state index is 0.337. The molecular formula is C11H7N3S. The monoisotopic (exact) mass is 213 g/mol. The predicted molar refractivity (Wildman–Crippen MR) is 60.4 cm³/mol. The summed E-state index contributed by atoms with van der Waals surface area (Å²) in [7, 11) is 0. The molecule has 0 saturated carbocycles. The first kappa shape index (κ1) is 9.64. The summed E-state index contributed by atoms with van der Waals surface area (Å²) in [5.74, 6) is 3.55. The molecule has 0 spiro atoms. The number of nitrogens with one attached hydrogen (secondary N) is 1. The summed E-state index contributed by atoms with van der Waals surface area (Å²) >= 11 is 1.59. The number of rotatable bonds is 2. The highest BCUT2D eigenvalue weighted by molar-refractivity contribution is 7.99. The van der Waals surface area contributed by atoms with Crippen molar-refractivity contribution in [3.05, 3.63) is 24.0 Å². The van der Waals surface area contributed by atoms with E-state index in [1.807, 2.05) is 24.3 Å². The van der Waals surface area contributed by atoms with Gasteiger partial charge in [0.15, 0.2) is 0 Å². The van der Waals surface area contributed by atoms with Crippen LogP contribution in [-0.4, -0.2) is 15.7 Å². The van der Waals surface area contributed by atoms with Gasteiger partial charge in [-0.1, -0.05) is 5.92 Å². The Labute approximate surface area is 91.5 Å². The first-order valence-corrected chi connectivity index (χ1v) is 5.28. The number of fused-ring (bicyclic) bond motifs is 1. The molecule has 2 rings (SSSR count). The van der Waals surface area contributed by atoms with Crippen molar-refractivity contribution < 1.29 is 0 Å². The van der Waals surface area contributed by atoms with Crippen molar-refractivity contribution in [1.29, 1.82) is 5.26 Å². The van der Waals surface area contributed by atoms with Crippen molar-refractivity contribution in [2.24, 2.45) is 0 Å². The molecule has 0 unspecified atom stereocenters. The van der Waals surface area contributed by atoms with Crippen LogP contribution >= 0.6 is 11.8 Å². The maximum atomic E-state index is 8.67. The van der Waals surface area contributed by atoms with E-state index < -0.39 is 0 Å². The zero-order valence-electron chi connectivity index (χ0n) is 7.82. The number of thioether (sulfide) groups is 1. The highest BCUT2D eigenvalue weighted by atomic mass is 32.2. The lowest BCUT2D eigenvalue weighted by molar-refractivity contribution is 1.25. The third kappa shape index (κ3) is 1.96. The number of benzene rings is 1. The van der Waals surface area contributed by atoms with Crippen molar-refractivity contribution in [3.8, 4) is 18.4 Å². The Kier molecular flexibility index (Phi) is 2.62. The fraction of sp³-hybridized carbons (Fsp3) is 0.0909. The zero-order chi connectivity index (χ0) is 10.7. The number of nitrogens with zero attached hydrogens (tertiary/aromatic N) is 2. The number of H-pyrrole nitrogens is 1. The summed E-state index contributed by atoms with van der Waals surface area (Å²) in [6.07, 6.45) is 5.18. The van der Waals surface area contributed by atoms with Crippen LogP contribution in [0, 0.1) is 23.7 Å². The number of hydrogen-bond donors (Lipinski definition) is 1. The van der Waals surface area contributed by atoms with Crippen LogP contribution in [0.1, 0.15) is 5.82 Å². The standard InChI is InChI=1S/C11H7N3S/c1-2-5-15-8-3-4-9-10(6-8)14-11(7-12)13-9/h1,3-4,6H,5H2,(H,13,14). The topological polar surface area (TPSA) is 52.5 Å². The summed E-state index contributed by atoms with van der Waals surface area (Å²) in [6.45, 7) is 0. The predicted octanol–water partition coefficient (Wildman–Crippen LogP) is 2.16. The van der Waals surface area contributed by atoms with E-state index in [0.717, 1.165) is 15.9 Å². The van der Waals surface area contributed by atoms with Gasteiger partial charge < -0.3 is 4.98 Å². The van der Waals surface area contributed by atoms with Gasteiger partial charge in [0.05, 0.1) is 16.8 Å². The third-order valence-corrected chi connectivity index (χ3v) is 2.78. The fourth-order valence-electron chi connectivity index (χ4n) is 1.26. The van der Waals surface area contributed by atoms with Crippen LogP contribution in [0.2, 0.25) is 0 Å². The molecule has 0 aliphatic carbocycles. The lowest BCUT2D eigenvalue weighted by Crippen LogP contribution is -1.75. The largest absolute Gasteiger partial charge is 0.329 e. The van der Waals surface area contributed by atoms with Gasteiger partial charge >= 0.3 is 0 Å². The molecule has 0 amide bonds. The van der Waals surface area contributed by atoms with Gasteiger partial charge in [-0.3, -0.25) is 0 Å². The summed E-state index contributed by atoms with van der Waals surface area (Å²) in [4.78, 5) is 8.09. The maximum absolute atomic E-state index is 8.67. The minimum Gasteiger partial charge on any atom is -0.329 e. The molecule has 15 heavy (non-hydrogen) atoms. The van der Waals surface area contributed by atoms with E-state index >= 15 is 0 Å². The molecule has 0 radical (unpaired) electrons. The van der Waals surface area contributed by atoms with Crippen LogP contribution in [-0.2, 0) is 0 Å². The molecule has 0 saturated heterocycles. The van der Waals surface area contributed by atoms with Crippen molar-refractivity contribution in [1.82, 2.24) is 9.97 Å². The normalized spacial score (nSPS) is 9.73. The molecule has 0 aliphatic heterocycles. The fourth-order valence-corrected chi connectivity index (χ4v) is 1.87. The number of nitriles is 1. The Morgan fingerprint density at radius 3 is 3.13 bits per heavy atom. The second-order valence-electron chi connectivity index (χ2n) is 2.87. The molecule has 1 aromatic carbocycles. The van der Waals surface area contributed by atoms with E-state index in [1.165, 1.54) is 0 Å². The van der Waals surface area contributed by atoms with E-state index in [1.54, 1.807) is 11.8 Å². The van der Waals surface area contributed by atoms with E-state index in [4.69, 9.17) is 11.7 Å². The van der Waals surface area contributed by atoms with Gasteiger partial charge in [-0.05, 0) is 18.2 Å². The van der Waals surface area contributed by atoms with Gasteiger partial charge in [0.2, 0.25) is 5.82 Å². The van der Waals surface area contributed by atoms with Gasteiger partial charge in [0, 0.05) is 4.90 Å². The molecule has 4 heteroatoms. The molecule has 1 aromatic heterocycles. The zero-order valence-corrected chi connectivity index (χ0v) is 8.64. The second kappa shape index (κ2) is 4.08. The Balaban J connectivity index is 2.39. The van der Waals surface area contributed by atoms with E-state index in [2.05, 4.69) is 15.9 Å². The van der Waals surface area contributed by atoms with Crippen LogP contribution in [0.15, 0.2) is 23.1 Å². The lowest BCUT2D eigenvalue weighted by Gasteiger charge is -1.96. The first-order chi connectivity index (χ1) is 7.33. The lowest BCUT2D eigenvalue weighted by atomic mass is 10.3. The van der Waals surface area contributed by atoms with Crippen molar-refractivity contribution in [2.75, 3.05) is 5.75 Å². The Morgan fingerprint density at radius 1 is 1.53 bits per heavy atom. The molecule has 3 nitrogen and oxygen atoms in total. The summed E-state index contributed by atoms with van der Waals surface area (Å²) in [6, 6.07) is 7.75.